The number of hydrogen-bond donors (Lipinski definition) is 0. The van der Waals surface area contributed by atoms with E-state index in [1.165, 1.54) is 44.1 Å². The van der Waals surface area contributed by atoms with Gasteiger partial charge in [0.1, 0.15) is 0 Å². The second kappa shape index (κ2) is 4.21. The molecule has 0 aromatic heterocycles. The minimum Gasteiger partial charge on any atom is -0.294 e. The molecule has 0 radical (unpaired) electrons. The first kappa shape index (κ1) is 12.4. The van der Waals surface area contributed by atoms with Gasteiger partial charge in [-0.15, -0.1) is 0 Å². The van der Waals surface area contributed by atoms with Crippen LogP contribution in [0.4, 0.5) is 0 Å². The Morgan fingerprint density at radius 1 is 0.905 bits per heavy atom. The van der Waals surface area contributed by atoms with E-state index in [0.29, 0.717) is 17.6 Å². The standard InChI is InChI=1S/C20H24O/c21-19-18-6-2-1-4-15(18)5-3-7-20(19)16-9-13-8-14(11-16)12-17(20)10-13/h1-2,4,6,13-14,16-17H,3,5,7-12H2. The molecule has 1 spiro atoms. The molecule has 1 nitrogen and oxygen atoms in total. The number of ketones is 1. The van der Waals surface area contributed by atoms with Gasteiger partial charge < -0.3 is 0 Å². The van der Waals surface area contributed by atoms with Gasteiger partial charge in [-0.05, 0) is 80.6 Å². The highest BCUT2D eigenvalue weighted by Gasteiger charge is 2.60. The summed E-state index contributed by atoms with van der Waals surface area (Å²) in [6.07, 6.45) is 10.3. The number of Topliss-reactive ketones (excluding diaryl/α,β-unsaturated/α-hetero) is 1. The first-order valence-corrected chi connectivity index (χ1v) is 8.90. The van der Waals surface area contributed by atoms with Gasteiger partial charge in [-0.3, -0.25) is 4.79 Å². The van der Waals surface area contributed by atoms with E-state index in [9.17, 15) is 4.79 Å². The highest BCUT2D eigenvalue weighted by molar-refractivity contribution is 6.02. The quantitative estimate of drug-likeness (QED) is 0.676. The van der Waals surface area contributed by atoms with Gasteiger partial charge >= 0.3 is 0 Å². The van der Waals surface area contributed by atoms with Crippen LogP contribution < -0.4 is 0 Å². The zero-order valence-corrected chi connectivity index (χ0v) is 12.7. The van der Waals surface area contributed by atoms with Crippen molar-refractivity contribution in [2.75, 3.05) is 0 Å². The maximum Gasteiger partial charge on any atom is 0.169 e. The van der Waals surface area contributed by atoms with Crippen LogP contribution in [-0.4, -0.2) is 5.78 Å². The average molecular weight is 280 g/mol. The monoisotopic (exact) mass is 280 g/mol. The van der Waals surface area contributed by atoms with E-state index in [4.69, 9.17) is 0 Å². The Hall–Kier alpha value is -1.11. The lowest BCUT2D eigenvalue weighted by Gasteiger charge is -2.60. The van der Waals surface area contributed by atoms with Crippen LogP contribution in [0.3, 0.4) is 0 Å². The predicted molar refractivity (Wildman–Crippen MR) is 83.2 cm³/mol. The summed E-state index contributed by atoms with van der Waals surface area (Å²) >= 11 is 0. The molecule has 0 amide bonds. The molecule has 0 aliphatic heterocycles. The number of fused-ring (bicyclic) bond motifs is 1. The van der Waals surface area contributed by atoms with Crippen molar-refractivity contribution in [3.8, 4) is 0 Å². The average Bonchev–Trinajstić information content (AvgIpc) is 2.63. The Labute approximate surface area is 127 Å². The molecule has 110 valence electrons. The van der Waals surface area contributed by atoms with Crippen LogP contribution in [0, 0.1) is 29.1 Å². The molecule has 1 aromatic carbocycles. The lowest BCUT2D eigenvalue weighted by molar-refractivity contribution is -0.0891. The molecule has 4 saturated carbocycles. The van der Waals surface area contributed by atoms with Crippen molar-refractivity contribution in [1.82, 2.24) is 0 Å². The summed E-state index contributed by atoms with van der Waals surface area (Å²) in [6, 6.07) is 8.45. The van der Waals surface area contributed by atoms with E-state index < -0.39 is 0 Å². The van der Waals surface area contributed by atoms with Crippen LogP contribution in [0.5, 0.6) is 0 Å². The molecule has 5 aliphatic carbocycles. The summed E-state index contributed by atoms with van der Waals surface area (Å²) in [7, 11) is 0. The van der Waals surface area contributed by atoms with E-state index >= 15 is 0 Å². The summed E-state index contributed by atoms with van der Waals surface area (Å²) in [6.45, 7) is 0. The summed E-state index contributed by atoms with van der Waals surface area (Å²) < 4.78 is 0. The lowest BCUT2D eigenvalue weighted by atomic mass is 9.43. The van der Waals surface area contributed by atoms with Gasteiger partial charge in [-0.25, -0.2) is 0 Å². The Morgan fingerprint density at radius 2 is 1.57 bits per heavy atom. The molecule has 4 bridgehead atoms. The third-order valence-corrected chi connectivity index (χ3v) is 7.32. The summed E-state index contributed by atoms with van der Waals surface area (Å²) in [5.41, 5.74) is 2.41. The van der Waals surface area contributed by atoms with Crippen LogP contribution in [0.15, 0.2) is 24.3 Å². The Morgan fingerprint density at radius 3 is 2.29 bits per heavy atom. The van der Waals surface area contributed by atoms with Crippen molar-refractivity contribution in [3.63, 3.8) is 0 Å². The fraction of sp³-hybridized carbons (Fsp3) is 0.650. The van der Waals surface area contributed by atoms with E-state index in [-0.39, 0.29) is 5.41 Å². The molecule has 1 aromatic rings. The Balaban J connectivity index is 1.64. The zero-order chi connectivity index (χ0) is 14.0. The molecule has 6 rings (SSSR count). The van der Waals surface area contributed by atoms with Gasteiger partial charge in [0.05, 0.1) is 0 Å². The molecule has 0 atom stereocenters. The van der Waals surface area contributed by atoms with Crippen LogP contribution >= 0.6 is 0 Å². The first-order valence-electron chi connectivity index (χ1n) is 8.90. The molecule has 1 heteroatoms. The number of hydrogen-bond acceptors (Lipinski definition) is 1. The SMILES string of the molecule is O=C1c2ccccc2CCCC12C1CC3CC(C1)CC2C3. The Bertz CT molecular complexity index is 572. The third kappa shape index (κ3) is 1.55. The maximum absolute atomic E-state index is 13.5. The van der Waals surface area contributed by atoms with Crippen LogP contribution in [0.1, 0.15) is 60.9 Å². The summed E-state index contributed by atoms with van der Waals surface area (Å²) in [5.74, 6) is 3.83. The fourth-order valence-electron chi connectivity index (χ4n) is 6.70. The van der Waals surface area contributed by atoms with Gasteiger partial charge in [0.2, 0.25) is 0 Å². The first-order chi connectivity index (χ1) is 10.3. The second-order valence-corrected chi connectivity index (χ2v) is 8.18. The minimum atomic E-state index is 0.0278. The predicted octanol–water partition coefficient (Wildman–Crippen LogP) is 4.65. The molecule has 5 aliphatic rings. The molecule has 21 heavy (non-hydrogen) atoms. The number of aryl methyl sites for hydroxylation is 1. The Kier molecular flexibility index (Phi) is 2.49. The molecule has 0 unspecified atom stereocenters. The number of benzene rings is 1. The molecule has 0 N–H and O–H groups in total. The van der Waals surface area contributed by atoms with Crippen molar-refractivity contribution in [3.05, 3.63) is 35.4 Å². The van der Waals surface area contributed by atoms with Gasteiger partial charge in [0.25, 0.3) is 0 Å². The second-order valence-electron chi connectivity index (χ2n) is 8.18. The number of carbonyl (C=O) groups excluding carboxylic acids is 1. The van der Waals surface area contributed by atoms with Crippen molar-refractivity contribution in [2.45, 2.75) is 51.4 Å². The summed E-state index contributed by atoms with van der Waals surface area (Å²) in [5, 5.41) is 0. The highest BCUT2D eigenvalue weighted by atomic mass is 16.1. The minimum absolute atomic E-state index is 0.0278. The summed E-state index contributed by atoms with van der Waals surface area (Å²) in [4.78, 5) is 13.5. The van der Waals surface area contributed by atoms with Gasteiger partial charge in [-0.2, -0.15) is 0 Å². The van der Waals surface area contributed by atoms with Crippen molar-refractivity contribution in [2.24, 2.45) is 29.1 Å². The maximum atomic E-state index is 13.5. The highest BCUT2D eigenvalue weighted by Crippen LogP contribution is 2.65. The van der Waals surface area contributed by atoms with Gasteiger partial charge in [0.15, 0.2) is 5.78 Å². The van der Waals surface area contributed by atoms with Crippen molar-refractivity contribution < 1.29 is 4.79 Å². The van der Waals surface area contributed by atoms with E-state index in [1.54, 1.807) is 0 Å². The fourth-order valence-corrected chi connectivity index (χ4v) is 6.70. The van der Waals surface area contributed by atoms with Crippen LogP contribution in [0.2, 0.25) is 0 Å². The van der Waals surface area contributed by atoms with E-state index in [0.717, 1.165) is 30.2 Å². The third-order valence-electron chi connectivity index (χ3n) is 7.32. The van der Waals surface area contributed by atoms with E-state index in [2.05, 4.69) is 24.3 Å². The number of rotatable bonds is 0. The molecular weight excluding hydrogens is 256 g/mol. The molecule has 4 fully saturated rings. The molecule has 0 saturated heterocycles. The smallest absolute Gasteiger partial charge is 0.169 e. The normalized spacial score (nSPS) is 43.9. The van der Waals surface area contributed by atoms with Crippen molar-refractivity contribution >= 4 is 5.78 Å². The van der Waals surface area contributed by atoms with Gasteiger partial charge in [-0.1, -0.05) is 24.3 Å². The van der Waals surface area contributed by atoms with Crippen LogP contribution in [0.25, 0.3) is 0 Å². The zero-order valence-electron chi connectivity index (χ0n) is 12.7. The topological polar surface area (TPSA) is 17.1 Å². The molecule has 0 heterocycles. The van der Waals surface area contributed by atoms with Gasteiger partial charge in [0, 0.05) is 11.0 Å². The molecular formula is C20H24O. The lowest BCUT2D eigenvalue weighted by Crippen LogP contribution is -2.56. The number of carbonyl (C=O) groups is 1. The largest absolute Gasteiger partial charge is 0.294 e. The van der Waals surface area contributed by atoms with Crippen LogP contribution in [-0.2, 0) is 6.42 Å². The van der Waals surface area contributed by atoms with Crippen molar-refractivity contribution in [1.29, 1.82) is 0 Å². The van der Waals surface area contributed by atoms with E-state index in [1.807, 2.05) is 0 Å².